The highest BCUT2D eigenvalue weighted by atomic mass is 32.2. The molecule has 148 valence electrons. The van der Waals surface area contributed by atoms with Gasteiger partial charge in [0.2, 0.25) is 15.9 Å². The number of nitrogens with zero attached hydrogens (tertiary/aromatic N) is 2. The van der Waals surface area contributed by atoms with Gasteiger partial charge in [-0.05, 0) is 24.1 Å². The Morgan fingerprint density at radius 2 is 2.00 bits per heavy atom. The van der Waals surface area contributed by atoms with Crippen LogP contribution in [0.4, 0.5) is 0 Å². The minimum Gasteiger partial charge on any atom is -0.497 e. The van der Waals surface area contributed by atoms with E-state index in [1.54, 1.807) is 12.0 Å². The van der Waals surface area contributed by atoms with Crippen LogP contribution in [0.3, 0.4) is 0 Å². The quantitative estimate of drug-likeness (QED) is 0.768. The summed E-state index contributed by atoms with van der Waals surface area (Å²) < 4.78 is 39.2. The standard InChI is InChI=1S/C19H26N2O5S/c1-13(2)18(22)20-10-16-8-17-19(11-20,26-16)12-21(27(17,23)24)9-14-4-6-15(25-3)7-5-14/h4-7,13,16-17H,8-12H2,1-3H3/t16-,17+,19+/m1/s1. The van der Waals surface area contributed by atoms with Crippen LogP contribution in [-0.2, 0) is 26.1 Å². The van der Waals surface area contributed by atoms with Gasteiger partial charge in [-0.3, -0.25) is 4.79 Å². The minimum absolute atomic E-state index is 0.0642. The topological polar surface area (TPSA) is 76.2 Å². The second-order valence-electron chi connectivity index (χ2n) is 8.06. The molecule has 0 radical (unpaired) electrons. The maximum atomic E-state index is 13.2. The lowest BCUT2D eigenvalue weighted by molar-refractivity contribution is -0.153. The number of carbonyl (C=O) groups excluding carboxylic acids is 1. The number of hydrogen-bond acceptors (Lipinski definition) is 5. The number of benzene rings is 1. The minimum atomic E-state index is -3.47. The number of carbonyl (C=O) groups is 1. The average Bonchev–Trinajstić information content (AvgIpc) is 3.00. The lowest BCUT2D eigenvalue weighted by Gasteiger charge is -2.40. The normalized spacial score (nSPS) is 31.9. The van der Waals surface area contributed by atoms with Gasteiger partial charge in [-0.15, -0.1) is 0 Å². The van der Waals surface area contributed by atoms with Gasteiger partial charge in [0.25, 0.3) is 0 Å². The fourth-order valence-electron chi connectivity index (χ4n) is 4.56. The van der Waals surface area contributed by atoms with Gasteiger partial charge in [-0.2, -0.15) is 4.31 Å². The first-order chi connectivity index (χ1) is 12.7. The molecule has 8 heteroatoms. The van der Waals surface area contributed by atoms with Crippen LogP contribution in [0.2, 0.25) is 0 Å². The lowest BCUT2D eigenvalue weighted by atomic mass is 9.98. The number of rotatable bonds is 4. The highest BCUT2D eigenvalue weighted by molar-refractivity contribution is 7.90. The zero-order chi connectivity index (χ0) is 19.4. The van der Waals surface area contributed by atoms with Crippen LogP contribution in [0.5, 0.6) is 5.75 Å². The molecular weight excluding hydrogens is 368 g/mol. The fraction of sp³-hybridized carbons (Fsp3) is 0.632. The van der Waals surface area contributed by atoms with E-state index < -0.39 is 20.9 Å². The predicted octanol–water partition coefficient (Wildman–Crippen LogP) is 1.24. The molecule has 1 aromatic carbocycles. The van der Waals surface area contributed by atoms with Crippen molar-refractivity contribution in [3.8, 4) is 5.75 Å². The Hall–Kier alpha value is -1.64. The zero-order valence-corrected chi connectivity index (χ0v) is 16.7. The lowest BCUT2D eigenvalue weighted by Crippen LogP contribution is -2.57. The molecule has 7 nitrogen and oxygen atoms in total. The molecule has 3 atom stereocenters. The summed E-state index contributed by atoms with van der Waals surface area (Å²) in [5.74, 6) is 0.694. The molecule has 3 aliphatic heterocycles. The SMILES string of the molecule is COc1ccc(CN2C[C@@]34CN(C(=O)C(C)C)C[C@@H](C[C@@H]3S2(=O)=O)O4)cc1. The summed E-state index contributed by atoms with van der Waals surface area (Å²) in [6.45, 7) is 5.18. The second-order valence-corrected chi connectivity index (χ2v) is 10.2. The highest BCUT2D eigenvalue weighted by Gasteiger charge is 2.65. The first-order valence-electron chi connectivity index (χ1n) is 9.34. The largest absolute Gasteiger partial charge is 0.497 e. The Bertz CT molecular complexity index is 838. The van der Waals surface area contributed by atoms with E-state index in [0.29, 0.717) is 32.6 Å². The maximum absolute atomic E-state index is 13.2. The van der Waals surface area contributed by atoms with Gasteiger partial charge < -0.3 is 14.4 Å². The van der Waals surface area contributed by atoms with Gasteiger partial charge in [0.05, 0.1) is 19.8 Å². The van der Waals surface area contributed by atoms with Gasteiger partial charge in [0.15, 0.2) is 0 Å². The summed E-state index contributed by atoms with van der Waals surface area (Å²) in [5, 5.41) is -0.571. The summed E-state index contributed by atoms with van der Waals surface area (Å²) in [5.41, 5.74) is 0.0944. The monoisotopic (exact) mass is 394 g/mol. The number of sulfonamides is 1. The Labute approximate surface area is 160 Å². The van der Waals surface area contributed by atoms with Gasteiger partial charge >= 0.3 is 0 Å². The van der Waals surface area contributed by atoms with E-state index in [0.717, 1.165) is 11.3 Å². The van der Waals surface area contributed by atoms with E-state index in [1.807, 2.05) is 38.1 Å². The summed E-state index contributed by atoms with van der Waals surface area (Å²) >= 11 is 0. The van der Waals surface area contributed by atoms with Crippen LogP contribution in [0.15, 0.2) is 24.3 Å². The first kappa shape index (κ1) is 18.7. The van der Waals surface area contributed by atoms with Crippen LogP contribution in [0.25, 0.3) is 0 Å². The van der Waals surface area contributed by atoms with Crippen molar-refractivity contribution in [3.63, 3.8) is 0 Å². The molecule has 0 N–H and O–H groups in total. The van der Waals surface area contributed by atoms with E-state index in [2.05, 4.69) is 0 Å². The highest BCUT2D eigenvalue weighted by Crippen LogP contribution is 2.47. The van der Waals surface area contributed by atoms with Crippen molar-refractivity contribution in [2.24, 2.45) is 5.92 Å². The van der Waals surface area contributed by atoms with Crippen molar-refractivity contribution >= 4 is 15.9 Å². The van der Waals surface area contributed by atoms with Crippen LogP contribution >= 0.6 is 0 Å². The number of amides is 1. The molecule has 3 heterocycles. The van der Waals surface area contributed by atoms with Gasteiger partial charge in [0, 0.05) is 25.6 Å². The molecule has 4 rings (SSSR count). The van der Waals surface area contributed by atoms with E-state index in [-0.39, 0.29) is 17.9 Å². The summed E-state index contributed by atoms with van der Waals surface area (Å²) in [4.78, 5) is 14.3. The van der Waals surface area contributed by atoms with Crippen LogP contribution < -0.4 is 4.74 Å². The first-order valence-corrected chi connectivity index (χ1v) is 10.8. The molecule has 27 heavy (non-hydrogen) atoms. The van der Waals surface area contributed by atoms with Crippen molar-refractivity contribution < 1.29 is 22.7 Å². The van der Waals surface area contributed by atoms with Gasteiger partial charge in [-0.1, -0.05) is 26.0 Å². The molecule has 1 spiro atoms. The third-order valence-corrected chi connectivity index (χ3v) is 8.15. The van der Waals surface area contributed by atoms with Crippen LogP contribution in [0, 0.1) is 5.92 Å². The molecule has 3 fully saturated rings. The summed E-state index contributed by atoms with van der Waals surface area (Å²) in [6, 6.07) is 7.40. The molecule has 0 aliphatic carbocycles. The number of morpholine rings is 1. The summed E-state index contributed by atoms with van der Waals surface area (Å²) in [6.07, 6.45) is 0.271. The molecule has 0 aromatic heterocycles. The molecule has 0 saturated carbocycles. The zero-order valence-electron chi connectivity index (χ0n) is 15.9. The molecule has 3 saturated heterocycles. The smallest absolute Gasteiger partial charge is 0.225 e. The third kappa shape index (κ3) is 3.03. The molecule has 1 aromatic rings. The molecule has 1 amide bonds. The van der Waals surface area contributed by atoms with Gasteiger partial charge in [0.1, 0.15) is 16.6 Å². The average molecular weight is 394 g/mol. The Morgan fingerprint density at radius 1 is 1.30 bits per heavy atom. The molecule has 3 aliphatic rings. The number of hydrogen-bond donors (Lipinski definition) is 0. The molecular formula is C19H26N2O5S. The van der Waals surface area contributed by atoms with Crippen molar-refractivity contribution in [1.29, 1.82) is 0 Å². The van der Waals surface area contributed by atoms with Crippen molar-refractivity contribution in [2.75, 3.05) is 26.7 Å². The number of likely N-dealkylation sites (tertiary alicyclic amines) is 1. The maximum Gasteiger partial charge on any atom is 0.225 e. The van der Waals surface area contributed by atoms with E-state index in [9.17, 15) is 13.2 Å². The Balaban J connectivity index is 1.57. The van der Waals surface area contributed by atoms with Crippen molar-refractivity contribution in [3.05, 3.63) is 29.8 Å². The Kier molecular flexibility index (Phi) is 4.48. The predicted molar refractivity (Wildman–Crippen MR) is 99.8 cm³/mol. The molecule has 0 unspecified atom stereocenters. The second kappa shape index (κ2) is 6.46. The fourth-order valence-corrected chi connectivity index (χ4v) is 6.85. The number of fused-ring (bicyclic) bond motifs is 1. The van der Waals surface area contributed by atoms with E-state index >= 15 is 0 Å². The van der Waals surface area contributed by atoms with Gasteiger partial charge in [-0.25, -0.2) is 8.42 Å². The van der Waals surface area contributed by atoms with Crippen LogP contribution in [-0.4, -0.2) is 67.2 Å². The number of methoxy groups -OCH3 is 1. The van der Waals surface area contributed by atoms with Crippen LogP contribution in [0.1, 0.15) is 25.8 Å². The summed E-state index contributed by atoms with van der Waals surface area (Å²) in [7, 11) is -1.87. The third-order valence-electron chi connectivity index (χ3n) is 5.83. The number of ether oxygens (including phenoxy) is 2. The van der Waals surface area contributed by atoms with E-state index in [1.165, 1.54) is 4.31 Å². The Morgan fingerprint density at radius 3 is 2.63 bits per heavy atom. The van der Waals surface area contributed by atoms with E-state index in [4.69, 9.17) is 9.47 Å². The molecule has 2 bridgehead atoms. The van der Waals surface area contributed by atoms with Crippen molar-refractivity contribution in [2.45, 2.75) is 43.8 Å². The van der Waals surface area contributed by atoms with Crippen molar-refractivity contribution in [1.82, 2.24) is 9.21 Å².